The normalized spacial score (nSPS) is 24.2. The van der Waals surface area contributed by atoms with Crippen LogP contribution in [0.15, 0.2) is 54.6 Å². The van der Waals surface area contributed by atoms with Crippen molar-refractivity contribution in [3.8, 4) is 11.5 Å². The second-order valence-electron chi connectivity index (χ2n) is 9.99. The maximum Gasteiger partial charge on any atom is 0.225 e. The van der Waals surface area contributed by atoms with Crippen LogP contribution in [0, 0.1) is 0 Å². The minimum atomic E-state index is -2.04. The van der Waals surface area contributed by atoms with Gasteiger partial charge in [0.25, 0.3) is 0 Å². The zero-order valence-corrected chi connectivity index (χ0v) is 21.5. The second kappa shape index (κ2) is 10.4. The Balaban J connectivity index is 1.75. The van der Waals surface area contributed by atoms with Gasteiger partial charge in [0.05, 0.1) is 25.9 Å². The fraction of sp³-hybridized carbons (Fsp3) is 0.538. The summed E-state index contributed by atoms with van der Waals surface area (Å²) < 4.78 is 30.9. The van der Waals surface area contributed by atoms with Crippen molar-refractivity contribution < 1.29 is 23.4 Å². The van der Waals surface area contributed by atoms with Gasteiger partial charge < -0.3 is 23.4 Å². The van der Waals surface area contributed by atoms with Crippen LogP contribution in [0.3, 0.4) is 0 Å². The topological polar surface area (TPSA) is 46.2 Å². The Morgan fingerprint density at radius 1 is 0.938 bits per heavy atom. The minimum absolute atomic E-state index is 0.0688. The molecule has 0 aromatic heterocycles. The lowest BCUT2D eigenvalue weighted by molar-refractivity contribution is -0.235. The van der Waals surface area contributed by atoms with Gasteiger partial charge in [-0.1, -0.05) is 51.1 Å². The zero-order chi connectivity index (χ0) is 23.4. The Bertz CT molecular complexity index is 832. The summed E-state index contributed by atoms with van der Waals surface area (Å²) >= 11 is 0. The lowest BCUT2D eigenvalue weighted by Crippen LogP contribution is -2.55. The van der Waals surface area contributed by atoms with Gasteiger partial charge in [-0.2, -0.15) is 0 Å². The van der Waals surface area contributed by atoms with Gasteiger partial charge in [0, 0.05) is 6.42 Å². The van der Waals surface area contributed by atoms with Crippen molar-refractivity contribution in [2.24, 2.45) is 0 Å². The molecule has 176 valence electrons. The van der Waals surface area contributed by atoms with Gasteiger partial charge in [0.1, 0.15) is 17.6 Å². The van der Waals surface area contributed by atoms with E-state index in [0.29, 0.717) is 6.61 Å². The third kappa shape index (κ3) is 6.35. The molecule has 5 nitrogen and oxygen atoms in total. The number of ether oxygens (including phenoxy) is 4. The Hall–Kier alpha value is -1.86. The van der Waals surface area contributed by atoms with Crippen molar-refractivity contribution in [2.45, 2.75) is 83.5 Å². The smallest absolute Gasteiger partial charge is 0.225 e. The van der Waals surface area contributed by atoms with Gasteiger partial charge in [-0.15, -0.1) is 0 Å². The summed E-state index contributed by atoms with van der Waals surface area (Å²) in [5, 5.41) is 0.0844. The molecule has 2 aromatic carbocycles. The highest BCUT2D eigenvalue weighted by Crippen LogP contribution is 2.40. The molecule has 1 aliphatic heterocycles. The van der Waals surface area contributed by atoms with Crippen molar-refractivity contribution in [3.05, 3.63) is 60.2 Å². The monoisotopic (exact) mass is 458 g/mol. The summed E-state index contributed by atoms with van der Waals surface area (Å²) in [7, 11) is -0.387. The average Bonchev–Trinajstić information content (AvgIpc) is 2.75. The standard InChI is InChI=1S/C26H38O5Si/c1-19-23(28-18-20-11-9-8-10-12-20)17-24(31-32(6,7)26(2,3)4)25(29-19)30-22-15-13-21(27-5)14-16-22/h8-16,19,23-25H,17-18H2,1-7H3/t19-,23+,24-,25+/m1/s1. The highest BCUT2D eigenvalue weighted by Gasteiger charge is 2.45. The SMILES string of the molecule is COc1ccc(O[C@@H]2O[C@H](C)[C@@H](OCc3ccccc3)C[C@H]2O[Si](C)(C)C(C)(C)C)cc1. The average molecular weight is 459 g/mol. The van der Waals surface area contributed by atoms with Crippen molar-refractivity contribution in [1.82, 2.24) is 0 Å². The van der Waals surface area contributed by atoms with Gasteiger partial charge in [0.2, 0.25) is 6.29 Å². The molecular formula is C26H38O5Si. The van der Waals surface area contributed by atoms with Crippen LogP contribution in [0.2, 0.25) is 18.1 Å². The molecule has 1 saturated heterocycles. The van der Waals surface area contributed by atoms with E-state index in [0.717, 1.165) is 23.5 Å². The minimum Gasteiger partial charge on any atom is -0.497 e. The lowest BCUT2D eigenvalue weighted by atomic mass is 10.0. The van der Waals surface area contributed by atoms with Crippen LogP contribution in [0.1, 0.15) is 39.7 Å². The van der Waals surface area contributed by atoms with Crippen LogP contribution in [-0.2, 0) is 20.5 Å². The summed E-state index contributed by atoms with van der Waals surface area (Å²) in [6, 6.07) is 17.8. The molecule has 3 rings (SSSR count). The molecular weight excluding hydrogens is 420 g/mol. The van der Waals surface area contributed by atoms with E-state index in [2.05, 4.69) is 46.0 Å². The molecule has 0 spiro atoms. The number of methoxy groups -OCH3 is 1. The molecule has 6 heteroatoms. The van der Waals surface area contributed by atoms with Crippen molar-refractivity contribution in [1.29, 1.82) is 0 Å². The third-order valence-corrected chi connectivity index (χ3v) is 11.0. The van der Waals surface area contributed by atoms with E-state index in [1.807, 2.05) is 49.4 Å². The number of hydrogen-bond donors (Lipinski definition) is 0. The highest BCUT2D eigenvalue weighted by atomic mass is 28.4. The molecule has 32 heavy (non-hydrogen) atoms. The van der Waals surface area contributed by atoms with Crippen LogP contribution in [0.25, 0.3) is 0 Å². The molecule has 1 aliphatic rings. The summed E-state index contributed by atoms with van der Waals surface area (Å²) in [5.41, 5.74) is 1.15. The number of benzene rings is 2. The van der Waals surface area contributed by atoms with Crippen molar-refractivity contribution in [3.63, 3.8) is 0 Å². The summed E-state index contributed by atoms with van der Waals surface area (Å²) in [6.45, 7) is 13.8. The number of rotatable bonds is 8. The molecule has 4 atom stereocenters. The Morgan fingerprint density at radius 3 is 2.16 bits per heavy atom. The van der Waals surface area contributed by atoms with Crippen molar-refractivity contribution in [2.75, 3.05) is 7.11 Å². The fourth-order valence-electron chi connectivity index (χ4n) is 3.45. The summed E-state index contributed by atoms with van der Waals surface area (Å²) in [4.78, 5) is 0. The van der Waals surface area contributed by atoms with E-state index in [-0.39, 0.29) is 23.4 Å². The van der Waals surface area contributed by atoms with Gasteiger partial charge in [0.15, 0.2) is 8.32 Å². The molecule has 0 radical (unpaired) electrons. The molecule has 0 bridgehead atoms. The number of hydrogen-bond acceptors (Lipinski definition) is 5. The predicted molar refractivity (Wildman–Crippen MR) is 130 cm³/mol. The second-order valence-corrected chi connectivity index (χ2v) is 14.7. The first kappa shape index (κ1) is 24.8. The molecule has 0 unspecified atom stereocenters. The van der Waals surface area contributed by atoms with E-state index in [4.69, 9.17) is 23.4 Å². The Labute approximate surface area is 194 Å². The maximum absolute atomic E-state index is 6.79. The molecule has 1 heterocycles. The first-order valence-corrected chi connectivity index (χ1v) is 14.3. The largest absolute Gasteiger partial charge is 0.497 e. The molecule has 2 aromatic rings. The van der Waals surface area contributed by atoms with Crippen LogP contribution < -0.4 is 9.47 Å². The summed E-state index contributed by atoms with van der Waals surface area (Å²) in [6.07, 6.45) is -0.164. The van der Waals surface area contributed by atoms with Crippen LogP contribution in [0.4, 0.5) is 0 Å². The maximum atomic E-state index is 6.79. The van der Waals surface area contributed by atoms with Gasteiger partial charge in [-0.05, 0) is 54.9 Å². The van der Waals surface area contributed by atoms with E-state index in [1.54, 1.807) is 7.11 Å². The predicted octanol–water partition coefficient (Wildman–Crippen LogP) is 6.18. The molecule has 0 amide bonds. The van der Waals surface area contributed by atoms with E-state index < -0.39 is 14.6 Å². The van der Waals surface area contributed by atoms with E-state index in [1.165, 1.54) is 0 Å². The van der Waals surface area contributed by atoms with Gasteiger partial charge >= 0.3 is 0 Å². The van der Waals surface area contributed by atoms with E-state index in [9.17, 15) is 0 Å². The molecule has 1 fully saturated rings. The van der Waals surface area contributed by atoms with E-state index >= 15 is 0 Å². The highest BCUT2D eigenvalue weighted by molar-refractivity contribution is 6.74. The van der Waals surface area contributed by atoms with Crippen LogP contribution >= 0.6 is 0 Å². The molecule has 0 aliphatic carbocycles. The van der Waals surface area contributed by atoms with Crippen LogP contribution in [-0.4, -0.2) is 40.0 Å². The third-order valence-electron chi connectivity index (χ3n) is 6.51. The first-order chi connectivity index (χ1) is 15.1. The van der Waals surface area contributed by atoms with Gasteiger partial charge in [-0.25, -0.2) is 0 Å². The summed E-state index contributed by atoms with van der Waals surface area (Å²) in [5.74, 6) is 1.52. The van der Waals surface area contributed by atoms with Crippen LogP contribution in [0.5, 0.6) is 11.5 Å². The fourth-order valence-corrected chi connectivity index (χ4v) is 4.77. The first-order valence-electron chi connectivity index (χ1n) is 11.4. The molecule has 0 saturated carbocycles. The molecule has 0 N–H and O–H groups in total. The lowest BCUT2D eigenvalue weighted by Gasteiger charge is -2.45. The zero-order valence-electron chi connectivity index (χ0n) is 20.5. The Kier molecular flexibility index (Phi) is 8.04. The quantitative estimate of drug-likeness (QED) is 0.442. The Morgan fingerprint density at radius 2 is 1.56 bits per heavy atom. The van der Waals surface area contributed by atoms with Crippen molar-refractivity contribution >= 4 is 8.32 Å². The van der Waals surface area contributed by atoms with Gasteiger partial charge in [-0.3, -0.25) is 0 Å².